The van der Waals surface area contributed by atoms with Gasteiger partial charge in [-0.3, -0.25) is 4.79 Å². The molecule has 1 amide bonds. The van der Waals surface area contributed by atoms with Crippen LogP contribution >= 0.6 is 11.3 Å². The minimum Gasteiger partial charge on any atom is -0.335 e. The monoisotopic (exact) mass is 261 g/mol. The normalized spacial score (nSPS) is 27.1. The quantitative estimate of drug-likeness (QED) is 0.708. The number of carbonyl (C=O) groups is 1. The number of carbonyl (C=O) groups excluding carboxylic acids is 1. The first-order valence-electron chi connectivity index (χ1n) is 6.79. The van der Waals surface area contributed by atoms with Gasteiger partial charge in [0.2, 0.25) is 5.91 Å². The van der Waals surface area contributed by atoms with E-state index < -0.39 is 0 Å². The fourth-order valence-corrected chi connectivity index (χ4v) is 4.03. The Morgan fingerprint density at radius 3 is 3.11 bits per heavy atom. The van der Waals surface area contributed by atoms with E-state index >= 15 is 0 Å². The molecular weight excluding hydrogens is 242 g/mol. The van der Waals surface area contributed by atoms with E-state index in [0.29, 0.717) is 5.91 Å². The third kappa shape index (κ3) is 2.01. The van der Waals surface area contributed by atoms with E-state index in [1.165, 1.54) is 10.4 Å². The Kier molecular flexibility index (Phi) is 3.25. The molecule has 1 aromatic heterocycles. The topological polar surface area (TPSA) is 20.3 Å². The molecule has 1 aromatic rings. The van der Waals surface area contributed by atoms with Crippen LogP contribution in [0, 0.1) is 5.92 Å². The molecule has 2 atom stereocenters. The predicted octanol–water partition coefficient (Wildman–Crippen LogP) is 3.55. The smallest absolute Gasteiger partial charge is 0.226 e. The summed E-state index contributed by atoms with van der Waals surface area (Å²) >= 11 is 1.83. The van der Waals surface area contributed by atoms with Crippen molar-refractivity contribution in [3.05, 3.63) is 34.0 Å². The van der Waals surface area contributed by atoms with Crippen molar-refractivity contribution in [2.75, 3.05) is 6.54 Å². The highest BCUT2D eigenvalue weighted by atomic mass is 32.1. The van der Waals surface area contributed by atoms with E-state index in [9.17, 15) is 4.79 Å². The first-order valence-corrected chi connectivity index (χ1v) is 7.67. The lowest BCUT2D eigenvalue weighted by atomic mass is 9.91. The van der Waals surface area contributed by atoms with Gasteiger partial charge in [0, 0.05) is 17.3 Å². The van der Waals surface area contributed by atoms with Gasteiger partial charge in [-0.2, -0.15) is 0 Å². The molecule has 0 bridgehead atoms. The number of hydrogen-bond acceptors (Lipinski definition) is 2. The SMILES string of the molecule is C[C@@H]1c2ccsc2CCN1C(=O)[C@H]1CC=CCC1. The molecule has 0 fully saturated rings. The van der Waals surface area contributed by atoms with Crippen molar-refractivity contribution >= 4 is 17.2 Å². The first kappa shape index (κ1) is 12.0. The third-order valence-corrected chi connectivity index (χ3v) is 5.18. The van der Waals surface area contributed by atoms with Crippen molar-refractivity contribution in [3.63, 3.8) is 0 Å². The molecule has 2 nitrogen and oxygen atoms in total. The summed E-state index contributed by atoms with van der Waals surface area (Å²) in [5, 5.41) is 2.15. The fraction of sp³-hybridized carbons (Fsp3) is 0.533. The maximum absolute atomic E-state index is 12.6. The zero-order valence-electron chi connectivity index (χ0n) is 10.8. The highest BCUT2D eigenvalue weighted by Gasteiger charge is 2.32. The molecule has 1 aliphatic heterocycles. The maximum atomic E-state index is 12.6. The number of rotatable bonds is 1. The number of nitrogens with zero attached hydrogens (tertiary/aromatic N) is 1. The van der Waals surface area contributed by atoms with Gasteiger partial charge in [0.15, 0.2) is 0 Å². The molecule has 0 unspecified atom stereocenters. The molecule has 3 rings (SSSR count). The highest BCUT2D eigenvalue weighted by molar-refractivity contribution is 7.10. The minimum absolute atomic E-state index is 0.220. The van der Waals surface area contributed by atoms with Crippen LogP contribution in [0.15, 0.2) is 23.6 Å². The van der Waals surface area contributed by atoms with Crippen molar-refractivity contribution in [1.29, 1.82) is 0 Å². The summed E-state index contributed by atoms with van der Waals surface area (Å²) in [6.45, 7) is 3.06. The number of thiophene rings is 1. The molecule has 0 aromatic carbocycles. The lowest BCUT2D eigenvalue weighted by molar-refractivity contribution is -0.138. The largest absolute Gasteiger partial charge is 0.335 e. The molecule has 2 aliphatic rings. The van der Waals surface area contributed by atoms with Crippen molar-refractivity contribution in [3.8, 4) is 0 Å². The highest BCUT2D eigenvalue weighted by Crippen LogP contribution is 2.34. The van der Waals surface area contributed by atoms with Crippen LogP contribution in [-0.4, -0.2) is 17.4 Å². The van der Waals surface area contributed by atoms with E-state index in [2.05, 4.69) is 35.4 Å². The Bertz CT molecular complexity index is 477. The second-order valence-corrected chi connectivity index (χ2v) is 6.24. The Hall–Kier alpha value is -1.09. The Morgan fingerprint density at radius 1 is 1.44 bits per heavy atom. The second-order valence-electron chi connectivity index (χ2n) is 5.24. The lowest BCUT2D eigenvalue weighted by Gasteiger charge is -2.36. The van der Waals surface area contributed by atoms with Crippen LogP contribution in [0.4, 0.5) is 0 Å². The number of hydrogen-bond donors (Lipinski definition) is 0. The van der Waals surface area contributed by atoms with Gasteiger partial charge in [0.1, 0.15) is 0 Å². The minimum atomic E-state index is 0.220. The molecular formula is C15H19NOS. The van der Waals surface area contributed by atoms with Crippen LogP contribution in [-0.2, 0) is 11.2 Å². The average molecular weight is 261 g/mol. The number of fused-ring (bicyclic) bond motifs is 1. The number of amides is 1. The zero-order valence-corrected chi connectivity index (χ0v) is 11.6. The van der Waals surface area contributed by atoms with Crippen molar-refractivity contribution in [1.82, 2.24) is 4.90 Å². The number of allylic oxidation sites excluding steroid dienone is 2. The zero-order chi connectivity index (χ0) is 12.5. The van der Waals surface area contributed by atoms with Crippen LogP contribution in [0.25, 0.3) is 0 Å². The van der Waals surface area contributed by atoms with Crippen LogP contribution in [0.5, 0.6) is 0 Å². The summed E-state index contributed by atoms with van der Waals surface area (Å²) in [5.74, 6) is 0.585. The molecule has 0 spiro atoms. The molecule has 0 N–H and O–H groups in total. The summed E-state index contributed by atoms with van der Waals surface area (Å²) < 4.78 is 0. The Morgan fingerprint density at radius 2 is 2.33 bits per heavy atom. The maximum Gasteiger partial charge on any atom is 0.226 e. The average Bonchev–Trinajstić information content (AvgIpc) is 2.89. The van der Waals surface area contributed by atoms with Crippen LogP contribution < -0.4 is 0 Å². The summed E-state index contributed by atoms with van der Waals surface area (Å²) in [4.78, 5) is 16.2. The first-order chi connectivity index (χ1) is 8.77. The molecule has 18 heavy (non-hydrogen) atoms. The third-order valence-electron chi connectivity index (χ3n) is 4.18. The standard InChI is InChI=1S/C15H19NOS/c1-11-13-8-10-18-14(13)7-9-16(11)15(17)12-5-3-2-4-6-12/h2-3,8,10-12H,4-7,9H2,1H3/t11-,12+/m1/s1. The van der Waals surface area contributed by atoms with E-state index in [0.717, 1.165) is 32.2 Å². The van der Waals surface area contributed by atoms with Gasteiger partial charge in [0.25, 0.3) is 0 Å². The lowest BCUT2D eigenvalue weighted by Crippen LogP contribution is -2.41. The van der Waals surface area contributed by atoms with Gasteiger partial charge < -0.3 is 4.90 Å². The van der Waals surface area contributed by atoms with E-state index in [1.807, 2.05) is 11.3 Å². The van der Waals surface area contributed by atoms with Gasteiger partial charge in [-0.1, -0.05) is 12.2 Å². The van der Waals surface area contributed by atoms with Gasteiger partial charge >= 0.3 is 0 Å². The van der Waals surface area contributed by atoms with Crippen molar-refractivity contribution < 1.29 is 4.79 Å². The van der Waals surface area contributed by atoms with Crippen LogP contribution in [0.2, 0.25) is 0 Å². The fourth-order valence-electron chi connectivity index (χ4n) is 3.06. The van der Waals surface area contributed by atoms with E-state index in [1.54, 1.807) is 0 Å². The van der Waals surface area contributed by atoms with Crippen LogP contribution in [0.1, 0.15) is 42.7 Å². The molecule has 1 aliphatic carbocycles. The van der Waals surface area contributed by atoms with Gasteiger partial charge in [0.05, 0.1) is 6.04 Å². The predicted molar refractivity (Wildman–Crippen MR) is 74.6 cm³/mol. The summed E-state index contributed by atoms with van der Waals surface area (Å²) in [6.07, 6.45) is 8.40. The molecule has 0 saturated heterocycles. The molecule has 0 radical (unpaired) electrons. The second kappa shape index (κ2) is 4.88. The van der Waals surface area contributed by atoms with E-state index in [-0.39, 0.29) is 12.0 Å². The van der Waals surface area contributed by atoms with Gasteiger partial charge in [-0.15, -0.1) is 11.3 Å². The summed E-state index contributed by atoms with van der Waals surface area (Å²) in [5.41, 5.74) is 1.37. The van der Waals surface area contributed by atoms with E-state index in [4.69, 9.17) is 0 Å². The Labute approximate surface area is 112 Å². The van der Waals surface area contributed by atoms with Gasteiger partial charge in [-0.05, 0) is 49.6 Å². The van der Waals surface area contributed by atoms with Gasteiger partial charge in [-0.25, -0.2) is 0 Å². The molecule has 96 valence electrons. The van der Waals surface area contributed by atoms with Crippen molar-refractivity contribution in [2.45, 2.75) is 38.6 Å². The Balaban J connectivity index is 1.77. The molecule has 2 heterocycles. The van der Waals surface area contributed by atoms with Crippen molar-refractivity contribution in [2.24, 2.45) is 5.92 Å². The summed E-state index contributed by atoms with van der Waals surface area (Å²) in [7, 11) is 0. The summed E-state index contributed by atoms with van der Waals surface area (Å²) in [6, 6.07) is 2.45. The molecule has 3 heteroatoms. The molecule has 0 saturated carbocycles. The van der Waals surface area contributed by atoms with Crippen LogP contribution in [0.3, 0.4) is 0 Å².